The van der Waals surface area contributed by atoms with Gasteiger partial charge in [0.05, 0.1) is 18.3 Å². The van der Waals surface area contributed by atoms with Gasteiger partial charge in [0.25, 0.3) is 0 Å². The van der Waals surface area contributed by atoms with E-state index in [4.69, 9.17) is 4.74 Å². The molecule has 1 atom stereocenters. The molecule has 2 nitrogen and oxygen atoms in total. The van der Waals surface area contributed by atoms with Gasteiger partial charge in [0, 0.05) is 6.54 Å². The highest BCUT2D eigenvalue weighted by Crippen LogP contribution is 2.29. The van der Waals surface area contributed by atoms with E-state index in [0.717, 1.165) is 32.0 Å². The van der Waals surface area contributed by atoms with Crippen molar-refractivity contribution in [1.82, 2.24) is 5.32 Å². The summed E-state index contributed by atoms with van der Waals surface area (Å²) in [5.74, 6) is 0. The van der Waals surface area contributed by atoms with Gasteiger partial charge < -0.3 is 10.1 Å². The number of benzene rings is 1. The molecule has 1 aliphatic heterocycles. The number of nitrogens with one attached hydrogen (secondary N) is 1. The van der Waals surface area contributed by atoms with Crippen molar-refractivity contribution in [3.05, 3.63) is 35.4 Å². The number of hydrogen-bond donors (Lipinski definition) is 1. The molecule has 1 saturated heterocycles. The molecule has 106 valence electrons. The summed E-state index contributed by atoms with van der Waals surface area (Å²) in [5.41, 5.74) is 0.0722. The van der Waals surface area contributed by atoms with Gasteiger partial charge in [-0.15, -0.1) is 0 Å². The third-order valence-electron chi connectivity index (χ3n) is 3.25. The fraction of sp³-hybridized carbons (Fsp3) is 0.571. The van der Waals surface area contributed by atoms with Crippen molar-refractivity contribution < 1.29 is 17.9 Å². The third kappa shape index (κ3) is 4.51. The number of alkyl halides is 3. The summed E-state index contributed by atoms with van der Waals surface area (Å²) in [6.45, 7) is 2.32. The Balaban J connectivity index is 1.82. The Kier molecular flexibility index (Phi) is 4.82. The molecule has 19 heavy (non-hydrogen) atoms. The minimum atomic E-state index is -4.27. The van der Waals surface area contributed by atoms with Crippen LogP contribution < -0.4 is 5.32 Å². The van der Waals surface area contributed by atoms with Gasteiger partial charge in [-0.2, -0.15) is 13.2 Å². The van der Waals surface area contributed by atoms with E-state index in [9.17, 15) is 13.2 Å². The molecule has 1 N–H and O–H groups in total. The van der Waals surface area contributed by atoms with Gasteiger partial charge in [-0.25, -0.2) is 0 Å². The van der Waals surface area contributed by atoms with Crippen molar-refractivity contribution >= 4 is 0 Å². The zero-order valence-corrected chi connectivity index (χ0v) is 10.7. The van der Waals surface area contributed by atoms with Crippen LogP contribution >= 0.6 is 0 Å². The van der Waals surface area contributed by atoms with Crippen molar-refractivity contribution in [3.63, 3.8) is 0 Å². The molecule has 1 aliphatic rings. The van der Waals surface area contributed by atoms with E-state index in [2.05, 4.69) is 5.32 Å². The highest BCUT2D eigenvalue weighted by Gasteiger charge is 2.30. The fourth-order valence-electron chi connectivity index (χ4n) is 2.21. The molecule has 1 unspecified atom stereocenters. The van der Waals surface area contributed by atoms with Crippen molar-refractivity contribution in [2.24, 2.45) is 0 Å². The van der Waals surface area contributed by atoms with Gasteiger partial charge in [0.1, 0.15) is 0 Å². The van der Waals surface area contributed by atoms with Crippen molar-refractivity contribution in [1.29, 1.82) is 0 Å². The van der Waals surface area contributed by atoms with Crippen LogP contribution in [0.2, 0.25) is 0 Å². The molecule has 0 amide bonds. The number of piperidine rings is 1. The van der Waals surface area contributed by atoms with E-state index in [1.54, 1.807) is 6.07 Å². The molecular formula is C14H18F3NO. The first-order valence-electron chi connectivity index (χ1n) is 6.54. The number of hydrogen-bond acceptors (Lipinski definition) is 2. The minimum absolute atomic E-state index is 0.194. The summed E-state index contributed by atoms with van der Waals surface area (Å²) >= 11 is 0. The first kappa shape index (κ1) is 14.3. The summed E-state index contributed by atoms with van der Waals surface area (Å²) < 4.78 is 43.3. The largest absolute Gasteiger partial charge is 0.416 e. The van der Waals surface area contributed by atoms with Crippen LogP contribution in [0.15, 0.2) is 24.3 Å². The molecule has 1 aromatic carbocycles. The second kappa shape index (κ2) is 6.39. The summed E-state index contributed by atoms with van der Waals surface area (Å²) in [7, 11) is 0. The van der Waals surface area contributed by atoms with Crippen molar-refractivity contribution in [2.45, 2.75) is 31.5 Å². The normalized spacial score (nSPS) is 20.5. The Morgan fingerprint density at radius 2 is 2.16 bits per heavy atom. The summed E-state index contributed by atoms with van der Waals surface area (Å²) in [4.78, 5) is 0. The van der Waals surface area contributed by atoms with Crippen LogP contribution in [0.4, 0.5) is 13.2 Å². The topological polar surface area (TPSA) is 21.3 Å². The van der Waals surface area contributed by atoms with Crippen LogP contribution in [0.25, 0.3) is 0 Å². The van der Waals surface area contributed by atoms with Crippen LogP contribution in [0.1, 0.15) is 24.0 Å². The molecule has 5 heteroatoms. The van der Waals surface area contributed by atoms with Gasteiger partial charge >= 0.3 is 6.18 Å². The van der Waals surface area contributed by atoms with Crippen molar-refractivity contribution in [3.8, 4) is 0 Å². The Hall–Kier alpha value is -1.07. The molecule has 0 aliphatic carbocycles. The molecule has 2 rings (SSSR count). The smallest absolute Gasteiger partial charge is 0.377 e. The van der Waals surface area contributed by atoms with Gasteiger partial charge in [-0.3, -0.25) is 0 Å². The maximum absolute atomic E-state index is 12.5. The first-order chi connectivity index (χ1) is 9.05. The third-order valence-corrected chi connectivity index (χ3v) is 3.25. The number of ether oxygens (including phenoxy) is 1. The SMILES string of the molecule is FC(F)(F)c1cccc(CCOC2CCCNC2)c1. The first-order valence-corrected chi connectivity index (χ1v) is 6.54. The van der Waals surface area contributed by atoms with Gasteiger partial charge in [0.2, 0.25) is 0 Å². The van der Waals surface area contributed by atoms with Crippen LogP contribution in [-0.2, 0) is 17.3 Å². The molecule has 1 fully saturated rings. The van der Waals surface area contributed by atoms with E-state index in [1.807, 2.05) is 0 Å². The predicted octanol–water partition coefficient (Wildman–Crippen LogP) is 3.02. The van der Waals surface area contributed by atoms with E-state index in [0.29, 0.717) is 18.6 Å². The molecule has 0 aromatic heterocycles. The van der Waals surface area contributed by atoms with E-state index in [-0.39, 0.29) is 6.10 Å². The van der Waals surface area contributed by atoms with E-state index in [1.165, 1.54) is 12.1 Å². The fourth-order valence-corrected chi connectivity index (χ4v) is 2.21. The van der Waals surface area contributed by atoms with Gasteiger partial charge in [-0.1, -0.05) is 18.2 Å². The number of halogens is 3. The van der Waals surface area contributed by atoms with Crippen LogP contribution in [0.3, 0.4) is 0 Å². The molecule has 0 saturated carbocycles. The van der Waals surface area contributed by atoms with Gasteiger partial charge in [-0.05, 0) is 37.4 Å². The highest BCUT2D eigenvalue weighted by atomic mass is 19.4. The minimum Gasteiger partial charge on any atom is -0.377 e. The van der Waals surface area contributed by atoms with Crippen LogP contribution in [0, 0.1) is 0 Å². The molecule has 1 aromatic rings. The number of rotatable bonds is 4. The summed E-state index contributed by atoms with van der Waals surface area (Å²) in [6.07, 6.45) is -1.45. The Labute approximate surface area is 111 Å². The summed E-state index contributed by atoms with van der Waals surface area (Å²) in [6, 6.07) is 5.44. The van der Waals surface area contributed by atoms with Crippen LogP contribution in [0.5, 0.6) is 0 Å². The highest BCUT2D eigenvalue weighted by molar-refractivity contribution is 5.25. The molecule has 0 spiro atoms. The molecular weight excluding hydrogens is 255 g/mol. The Bertz CT molecular complexity index is 400. The van der Waals surface area contributed by atoms with Crippen molar-refractivity contribution in [2.75, 3.05) is 19.7 Å². The lowest BCUT2D eigenvalue weighted by molar-refractivity contribution is -0.137. The van der Waals surface area contributed by atoms with E-state index >= 15 is 0 Å². The predicted molar refractivity (Wildman–Crippen MR) is 67.0 cm³/mol. The Morgan fingerprint density at radius 3 is 2.84 bits per heavy atom. The second-order valence-electron chi connectivity index (χ2n) is 4.79. The lowest BCUT2D eigenvalue weighted by Gasteiger charge is -2.23. The van der Waals surface area contributed by atoms with Crippen LogP contribution in [-0.4, -0.2) is 25.8 Å². The zero-order valence-electron chi connectivity index (χ0n) is 10.7. The Morgan fingerprint density at radius 1 is 1.32 bits per heavy atom. The maximum Gasteiger partial charge on any atom is 0.416 e. The molecule has 0 bridgehead atoms. The molecule has 0 radical (unpaired) electrons. The van der Waals surface area contributed by atoms with Gasteiger partial charge in [0.15, 0.2) is 0 Å². The lowest BCUT2D eigenvalue weighted by Crippen LogP contribution is -2.35. The van der Waals surface area contributed by atoms with E-state index < -0.39 is 11.7 Å². The average molecular weight is 273 g/mol. The molecule has 1 heterocycles. The summed E-state index contributed by atoms with van der Waals surface area (Å²) in [5, 5.41) is 3.24. The average Bonchev–Trinajstić information content (AvgIpc) is 2.39. The standard InChI is InChI=1S/C14H18F3NO/c15-14(16,17)12-4-1-3-11(9-12)6-8-19-13-5-2-7-18-10-13/h1,3-4,9,13,18H,2,5-8,10H2. The second-order valence-corrected chi connectivity index (χ2v) is 4.79. The quantitative estimate of drug-likeness (QED) is 0.910. The zero-order chi connectivity index (χ0) is 13.7. The lowest BCUT2D eigenvalue weighted by atomic mass is 10.1. The maximum atomic E-state index is 12.5. The monoisotopic (exact) mass is 273 g/mol.